The van der Waals surface area contributed by atoms with E-state index in [0.29, 0.717) is 17.5 Å². The Balaban J connectivity index is 1.56. The van der Waals surface area contributed by atoms with Crippen LogP contribution in [0.1, 0.15) is 34.4 Å². The number of aryl methyl sites for hydroxylation is 2. The van der Waals surface area contributed by atoms with Crippen molar-refractivity contribution >= 4 is 29.3 Å². The number of benzene rings is 1. The highest BCUT2D eigenvalue weighted by Crippen LogP contribution is 2.19. The molecule has 0 saturated carbocycles. The molecule has 0 aliphatic rings. The van der Waals surface area contributed by atoms with Crippen molar-refractivity contribution in [3.8, 4) is 0 Å². The first-order valence-corrected chi connectivity index (χ1v) is 10.2. The SMILES string of the molecule is CCn1c(CNC(=O)c2ccco2)nnc1SCC(=O)Nc1cc(C)cc(C)c1. The molecule has 2 amide bonds. The van der Waals surface area contributed by atoms with Crippen LogP contribution in [0.15, 0.2) is 46.2 Å². The Kier molecular flexibility index (Phi) is 6.71. The van der Waals surface area contributed by atoms with Crippen molar-refractivity contribution in [2.24, 2.45) is 0 Å². The minimum absolute atomic E-state index is 0.113. The molecular formula is C20H23N5O3S. The van der Waals surface area contributed by atoms with Gasteiger partial charge < -0.3 is 19.6 Å². The van der Waals surface area contributed by atoms with Crippen molar-refractivity contribution in [3.05, 3.63) is 59.3 Å². The molecule has 9 heteroatoms. The zero-order chi connectivity index (χ0) is 20.8. The van der Waals surface area contributed by atoms with E-state index in [0.717, 1.165) is 16.8 Å². The first kappa shape index (κ1) is 20.7. The Labute approximate surface area is 173 Å². The fourth-order valence-corrected chi connectivity index (χ4v) is 3.72. The standard InChI is InChI=1S/C20H23N5O3S/c1-4-25-17(11-21-19(27)16-6-5-7-28-16)23-24-20(25)29-12-18(26)22-15-9-13(2)8-14(3)10-15/h5-10H,4,11-12H2,1-3H3,(H,21,27)(H,22,26). The molecule has 0 radical (unpaired) electrons. The van der Waals surface area contributed by atoms with E-state index >= 15 is 0 Å². The minimum Gasteiger partial charge on any atom is -0.459 e. The molecule has 3 rings (SSSR count). The molecule has 0 unspecified atom stereocenters. The van der Waals surface area contributed by atoms with Crippen LogP contribution in [0.4, 0.5) is 5.69 Å². The molecule has 2 N–H and O–H groups in total. The molecule has 2 aromatic heterocycles. The van der Waals surface area contributed by atoms with Gasteiger partial charge >= 0.3 is 0 Å². The van der Waals surface area contributed by atoms with Gasteiger partial charge in [-0.2, -0.15) is 0 Å². The third-order valence-corrected chi connectivity index (χ3v) is 5.07. The number of aromatic nitrogens is 3. The second kappa shape index (κ2) is 9.42. The summed E-state index contributed by atoms with van der Waals surface area (Å²) in [5.41, 5.74) is 2.98. The number of anilines is 1. The molecule has 0 saturated heterocycles. The number of hydrogen-bond donors (Lipinski definition) is 2. The number of rotatable bonds is 8. The van der Waals surface area contributed by atoms with E-state index in [1.807, 2.05) is 37.5 Å². The van der Waals surface area contributed by atoms with Gasteiger partial charge in [0.05, 0.1) is 18.6 Å². The van der Waals surface area contributed by atoms with Gasteiger partial charge in [0.15, 0.2) is 16.7 Å². The number of furan rings is 1. The predicted molar refractivity (Wildman–Crippen MR) is 111 cm³/mol. The summed E-state index contributed by atoms with van der Waals surface area (Å²) in [4.78, 5) is 24.3. The lowest BCUT2D eigenvalue weighted by molar-refractivity contribution is -0.113. The quantitative estimate of drug-likeness (QED) is 0.550. The Hall–Kier alpha value is -3.07. The summed E-state index contributed by atoms with van der Waals surface area (Å²) in [6.07, 6.45) is 1.45. The number of thioether (sulfide) groups is 1. The molecule has 0 bridgehead atoms. The number of nitrogens with one attached hydrogen (secondary N) is 2. The molecule has 29 heavy (non-hydrogen) atoms. The zero-order valence-electron chi connectivity index (χ0n) is 16.6. The molecule has 0 fully saturated rings. The van der Waals surface area contributed by atoms with E-state index in [-0.39, 0.29) is 29.9 Å². The average Bonchev–Trinajstić information content (AvgIpc) is 3.33. The first-order chi connectivity index (χ1) is 14.0. The first-order valence-electron chi connectivity index (χ1n) is 9.21. The number of carbonyl (C=O) groups is 2. The third-order valence-electron chi connectivity index (χ3n) is 4.10. The summed E-state index contributed by atoms with van der Waals surface area (Å²) in [6, 6.07) is 9.17. The molecule has 0 atom stereocenters. The molecule has 2 heterocycles. The van der Waals surface area contributed by atoms with E-state index in [1.54, 1.807) is 12.1 Å². The van der Waals surface area contributed by atoms with Crippen LogP contribution in [0.25, 0.3) is 0 Å². The van der Waals surface area contributed by atoms with Crippen molar-refractivity contribution in [2.75, 3.05) is 11.1 Å². The largest absolute Gasteiger partial charge is 0.459 e. The molecule has 8 nitrogen and oxygen atoms in total. The number of hydrogen-bond acceptors (Lipinski definition) is 6. The van der Waals surface area contributed by atoms with Crippen LogP contribution in [0.5, 0.6) is 0 Å². The van der Waals surface area contributed by atoms with E-state index in [4.69, 9.17) is 4.42 Å². The highest BCUT2D eigenvalue weighted by atomic mass is 32.2. The van der Waals surface area contributed by atoms with Crippen molar-refractivity contribution in [2.45, 2.75) is 39.0 Å². The van der Waals surface area contributed by atoms with Gasteiger partial charge in [-0.1, -0.05) is 17.8 Å². The molecule has 3 aromatic rings. The van der Waals surface area contributed by atoms with E-state index < -0.39 is 0 Å². The second-order valence-electron chi connectivity index (χ2n) is 6.52. The van der Waals surface area contributed by atoms with Gasteiger partial charge in [0.25, 0.3) is 5.91 Å². The summed E-state index contributed by atoms with van der Waals surface area (Å²) in [6.45, 7) is 6.79. The van der Waals surface area contributed by atoms with Gasteiger partial charge in [0, 0.05) is 12.2 Å². The van der Waals surface area contributed by atoms with Gasteiger partial charge in [0.2, 0.25) is 5.91 Å². The maximum absolute atomic E-state index is 12.3. The van der Waals surface area contributed by atoms with Crippen LogP contribution in [-0.4, -0.2) is 32.3 Å². The summed E-state index contributed by atoms with van der Waals surface area (Å²) >= 11 is 1.31. The highest BCUT2D eigenvalue weighted by molar-refractivity contribution is 7.99. The lowest BCUT2D eigenvalue weighted by Crippen LogP contribution is -2.24. The minimum atomic E-state index is -0.317. The molecule has 0 aliphatic carbocycles. The van der Waals surface area contributed by atoms with Gasteiger partial charge in [0.1, 0.15) is 0 Å². The van der Waals surface area contributed by atoms with Crippen LogP contribution in [0.3, 0.4) is 0 Å². The van der Waals surface area contributed by atoms with Crippen LogP contribution in [0, 0.1) is 13.8 Å². The van der Waals surface area contributed by atoms with Crippen molar-refractivity contribution in [1.29, 1.82) is 0 Å². The van der Waals surface area contributed by atoms with Crippen molar-refractivity contribution in [3.63, 3.8) is 0 Å². The van der Waals surface area contributed by atoms with Crippen LogP contribution < -0.4 is 10.6 Å². The Morgan fingerprint density at radius 1 is 1.17 bits per heavy atom. The Morgan fingerprint density at radius 2 is 1.93 bits per heavy atom. The fraction of sp³-hybridized carbons (Fsp3) is 0.300. The van der Waals surface area contributed by atoms with E-state index in [9.17, 15) is 9.59 Å². The predicted octanol–water partition coefficient (Wildman–Crippen LogP) is 3.17. The third kappa shape index (κ3) is 5.47. The van der Waals surface area contributed by atoms with Crippen molar-refractivity contribution in [1.82, 2.24) is 20.1 Å². The molecule has 152 valence electrons. The molecule has 1 aromatic carbocycles. The second-order valence-corrected chi connectivity index (χ2v) is 7.46. The highest BCUT2D eigenvalue weighted by Gasteiger charge is 2.15. The average molecular weight is 414 g/mol. The molecule has 0 aliphatic heterocycles. The summed E-state index contributed by atoms with van der Waals surface area (Å²) in [5.74, 6) is 0.639. The fourth-order valence-electron chi connectivity index (χ4n) is 2.90. The van der Waals surface area contributed by atoms with Gasteiger partial charge in [-0.25, -0.2) is 0 Å². The van der Waals surface area contributed by atoms with Crippen LogP contribution in [0.2, 0.25) is 0 Å². The summed E-state index contributed by atoms with van der Waals surface area (Å²) < 4.78 is 6.94. The lowest BCUT2D eigenvalue weighted by Gasteiger charge is -2.09. The van der Waals surface area contributed by atoms with Crippen LogP contribution >= 0.6 is 11.8 Å². The molecule has 0 spiro atoms. The van der Waals surface area contributed by atoms with Gasteiger partial charge in [-0.05, 0) is 56.2 Å². The Bertz CT molecular complexity index is 977. The number of carbonyl (C=O) groups excluding carboxylic acids is 2. The van der Waals surface area contributed by atoms with E-state index in [2.05, 4.69) is 26.9 Å². The maximum atomic E-state index is 12.3. The van der Waals surface area contributed by atoms with Crippen molar-refractivity contribution < 1.29 is 14.0 Å². The summed E-state index contributed by atoms with van der Waals surface area (Å²) in [5, 5.41) is 14.6. The normalized spacial score (nSPS) is 10.7. The van der Waals surface area contributed by atoms with Crippen LogP contribution in [-0.2, 0) is 17.9 Å². The monoisotopic (exact) mass is 413 g/mol. The molecular weight excluding hydrogens is 390 g/mol. The number of amides is 2. The Morgan fingerprint density at radius 3 is 2.59 bits per heavy atom. The smallest absolute Gasteiger partial charge is 0.287 e. The lowest BCUT2D eigenvalue weighted by atomic mass is 10.1. The number of nitrogens with zero attached hydrogens (tertiary/aromatic N) is 3. The van der Waals surface area contributed by atoms with Gasteiger partial charge in [-0.3, -0.25) is 9.59 Å². The topological polar surface area (TPSA) is 102 Å². The van der Waals surface area contributed by atoms with E-state index in [1.165, 1.54) is 18.0 Å². The maximum Gasteiger partial charge on any atom is 0.287 e. The summed E-state index contributed by atoms with van der Waals surface area (Å²) in [7, 11) is 0. The zero-order valence-corrected chi connectivity index (χ0v) is 17.4. The van der Waals surface area contributed by atoms with Gasteiger partial charge in [-0.15, -0.1) is 10.2 Å².